The number of sulfonamides is 1. The lowest BCUT2D eigenvalue weighted by Gasteiger charge is -2.13. The van der Waals surface area contributed by atoms with Crippen LogP contribution in [-0.2, 0) is 22.3 Å². The van der Waals surface area contributed by atoms with E-state index in [2.05, 4.69) is 15.2 Å². The molecule has 0 aliphatic rings. The normalized spacial score (nSPS) is 12.0. The van der Waals surface area contributed by atoms with Crippen molar-refractivity contribution in [2.24, 2.45) is 0 Å². The highest BCUT2D eigenvalue weighted by Crippen LogP contribution is 2.22. The molecule has 1 aromatic heterocycles. The Labute approximate surface area is 160 Å². The molecule has 148 valence electrons. The highest BCUT2D eigenvalue weighted by Gasteiger charge is 2.23. The predicted molar refractivity (Wildman–Crippen MR) is 104 cm³/mol. The number of rotatable bonds is 8. The summed E-state index contributed by atoms with van der Waals surface area (Å²) in [6.45, 7) is 9.35. The van der Waals surface area contributed by atoms with Crippen LogP contribution < -0.4 is 10.0 Å². The van der Waals surface area contributed by atoms with Gasteiger partial charge in [-0.25, -0.2) is 13.1 Å². The molecule has 0 saturated carbocycles. The fraction of sp³-hybridized carbons (Fsp3) is 0.474. The third-order valence-corrected chi connectivity index (χ3v) is 5.48. The van der Waals surface area contributed by atoms with Crippen molar-refractivity contribution < 1.29 is 17.7 Å². The smallest absolute Gasteiger partial charge is 0.257 e. The molecule has 2 aromatic rings. The standard InChI is InChI=1S/C19H27N3O4S/c1-12(2)18-17(14(5)21-26-18)19(23)20-10-15-8-6-7-9-16(15)11-27(24,25)22-13(3)4/h6-9,12-13,22H,10-11H2,1-5H3,(H,20,23). The van der Waals surface area contributed by atoms with Gasteiger partial charge in [0.15, 0.2) is 5.76 Å². The van der Waals surface area contributed by atoms with Crippen molar-refractivity contribution in [1.29, 1.82) is 0 Å². The summed E-state index contributed by atoms with van der Waals surface area (Å²) in [4.78, 5) is 12.6. The molecule has 2 N–H and O–H groups in total. The topological polar surface area (TPSA) is 101 Å². The van der Waals surface area contributed by atoms with E-state index in [0.717, 1.165) is 5.56 Å². The first-order valence-corrected chi connectivity index (χ1v) is 10.6. The molecular weight excluding hydrogens is 366 g/mol. The van der Waals surface area contributed by atoms with Crippen molar-refractivity contribution in [2.75, 3.05) is 0 Å². The number of benzene rings is 1. The lowest BCUT2D eigenvalue weighted by atomic mass is 10.0. The highest BCUT2D eigenvalue weighted by atomic mass is 32.2. The monoisotopic (exact) mass is 393 g/mol. The average molecular weight is 394 g/mol. The van der Waals surface area contributed by atoms with Crippen LogP contribution >= 0.6 is 0 Å². The third kappa shape index (κ3) is 5.64. The van der Waals surface area contributed by atoms with Crippen LogP contribution in [0.5, 0.6) is 0 Å². The average Bonchev–Trinajstić information content (AvgIpc) is 2.94. The van der Waals surface area contributed by atoms with Gasteiger partial charge in [-0.2, -0.15) is 0 Å². The van der Waals surface area contributed by atoms with E-state index >= 15 is 0 Å². The first kappa shape index (κ1) is 21.1. The van der Waals surface area contributed by atoms with E-state index < -0.39 is 10.0 Å². The number of hydrogen-bond donors (Lipinski definition) is 2. The lowest BCUT2D eigenvalue weighted by Crippen LogP contribution is -2.32. The molecule has 7 nitrogen and oxygen atoms in total. The van der Waals surface area contributed by atoms with Crippen molar-refractivity contribution in [3.63, 3.8) is 0 Å². The second-order valence-corrected chi connectivity index (χ2v) is 8.90. The molecule has 27 heavy (non-hydrogen) atoms. The van der Waals surface area contributed by atoms with E-state index in [-0.39, 0.29) is 30.2 Å². The Morgan fingerprint density at radius 3 is 2.37 bits per heavy atom. The molecule has 0 aliphatic heterocycles. The van der Waals surface area contributed by atoms with E-state index in [9.17, 15) is 13.2 Å². The predicted octanol–water partition coefficient (Wildman–Crippen LogP) is 2.86. The molecule has 0 aliphatic carbocycles. The van der Waals surface area contributed by atoms with Crippen LogP contribution in [0.4, 0.5) is 0 Å². The molecule has 0 radical (unpaired) electrons. The molecule has 1 heterocycles. The van der Waals surface area contributed by atoms with Crippen LogP contribution in [0.15, 0.2) is 28.8 Å². The Morgan fingerprint density at radius 1 is 1.15 bits per heavy atom. The zero-order valence-corrected chi connectivity index (χ0v) is 17.2. The molecule has 8 heteroatoms. The lowest BCUT2D eigenvalue weighted by molar-refractivity contribution is 0.0948. The third-order valence-electron chi connectivity index (χ3n) is 3.96. The Kier molecular flexibility index (Phi) is 6.78. The minimum atomic E-state index is -3.45. The maximum absolute atomic E-state index is 12.6. The van der Waals surface area contributed by atoms with Crippen LogP contribution in [0.2, 0.25) is 0 Å². The minimum Gasteiger partial charge on any atom is -0.360 e. The van der Waals surface area contributed by atoms with Crippen LogP contribution in [0.25, 0.3) is 0 Å². The van der Waals surface area contributed by atoms with Gasteiger partial charge in [0.1, 0.15) is 5.56 Å². The first-order chi connectivity index (χ1) is 12.6. The second kappa shape index (κ2) is 8.67. The summed E-state index contributed by atoms with van der Waals surface area (Å²) >= 11 is 0. The molecule has 0 atom stereocenters. The molecule has 2 rings (SSSR count). The van der Waals surface area contributed by atoms with Crippen molar-refractivity contribution in [3.05, 3.63) is 52.4 Å². The van der Waals surface area contributed by atoms with Gasteiger partial charge in [-0.1, -0.05) is 43.3 Å². The number of aryl methyl sites for hydroxylation is 1. The fourth-order valence-corrected chi connectivity index (χ4v) is 4.29. The second-order valence-electron chi connectivity index (χ2n) is 7.14. The molecule has 0 unspecified atom stereocenters. The van der Waals surface area contributed by atoms with E-state index in [4.69, 9.17) is 4.52 Å². The van der Waals surface area contributed by atoms with Gasteiger partial charge in [0, 0.05) is 18.5 Å². The number of hydrogen-bond acceptors (Lipinski definition) is 5. The maximum Gasteiger partial charge on any atom is 0.257 e. The van der Waals surface area contributed by atoms with E-state index in [1.54, 1.807) is 32.9 Å². The summed E-state index contributed by atoms with van der Waals surface area (Å²) < 4.78 is 32.3. The Morgan fingerprint density at radius 2 is 1.78 bits per heavy atom. The van der Waals surface area contributed by atoms with Gasteiger partial charge in [-0.15, -0.1) is 0 Å². The summed E-state index contributed by atoms with van der Waals surface area (Å²) in [5.41, 5.74) is 2.38. The van der Waals surface area contributed by atoms with Crippen LogP contribution in [0, 0.1) is 6.92 Å². The van der Waals surface area contributed by atoms with Gasteiger partial charge in [-0.3, -0.25) is 4.79 Å². The Hall–Kier alpha value is -2.19. The number of carbonyl (C=O) groups is 1. The summed E-state index contributed by atoms with van der Waals surface area (Å²) in [7, 11) is -3.45. The molecule has 0 fully saturated rings. The number of amides is 1. The zero-order valence-electron chi connectivity index (χ0n) is 16.4. The SMILES string of the molecule is Cc1noc(C(C)C)c1C(=O)NCc1ccccc1CS(=O)(=O)NC(C)C. The minimum absolute atomic E-state index is 0.0338. The molecule has 0 bridgehead atoms. The van der Waals surface area contributed by atoms with Gasteiger partial charge in [0.25, 0.3) is 5.91 Å². The van der Waals surface area contributed by atoms with Gasteiger partial charge in [0.05, 0.1) is 11.4 Å². The quantitative estimate of drug-likeness (QED) is 0.718. The summed E-state index contributed by atoms with van der Waals surface area (Å²) in [6.07, 6.45) is 0. The van der Waals surface area contributed by atoms with Crippen molar-refractivity contribution in [3.8, 4) is 0 Å². The zero-order chi connectivity index (χ0) is 20.2. The van der Waals surface area contributed by atoms with Gasteiger partial charge >= 0.3 is 0 Å². The van der Waals surface area contributed by atoms with Crippen molar-refractivity contribution in [1.82, 2.24) is 15.2 Å². The number of carbonyl (C=O) groups excluding carboxylic acids is 1. The van der Waals surface area contributed by atoms with E-state index in [1.807, 2.05) is 26.0 Å². The van der Waals surface area contributed by atoms with Crippen LogP contribution in [-0.4, -0.2) is 25.5 Å². The Bertz CT molecular complexity index is 901. The maximum atomic E-state index is 12.6. The fourth-order valence-electron chi connectivity index (χ4n) is 2.80. The van der Waals surface area contributed by atoms with Crippen LogP contribution in [0.1, 0.15) is 66.6 Å². The van der Waals surface area contributed by atoms with Gasteiger partial charge in [-0.05, 0) is 31.9 Å². The highest BCUT2D eigenvalue weighted by molar-refractivity contribution is 7.88. The number of nitrogens with one attached hydrogen (secondary N) is 2. The number of nitrogens with zero attached hydrogens (tertiary/aromatic N) is 1. The largest absolute Gasteiger partial charge is 0.360 e. The molecule has 1 aromatic carbocycles. The van der Waals surface area contributed by atoms with Crippen LogP contribution in [0.3, 0.4) is 0 Å². The molecule has 1 amide bonds. The van der Waals surface area contributed by atoms with Gasteiger partial charge < -0.3 is 9.84 Å². The van der Waals surface area contributed by atoms with Gasteiger partial charge in [0.2, 0.25) is 10.0 Å². The first-order valence-electron chi connectivity index (χ1n) is 8.92. The van der Waals surface area contributed by atoms with Crippen molar-refractivity contribution in [2.45, 2.75) is 58.9 Å². The molecule has 0 spiro atoms. The molecule has 0 saturated heterocycles. The Balaban J connectivity index is 2.15. The van der Waals surface area contributed by atoms with Crippen molar-refractivity contribution >= 4 is 15.9 Å². The summed E-state index contributed by atoms with van der Waals surface area (Å²) in [5, 5.41) is 6.73. The summed E-state index contributed by atoms with van der Waals surface area (Å²) in [5.74, 6) is 0.157. The van der Waals surface area contributed by atoms with E-state index in [1.165, 1.54) is 0 Å². The van der Waals surface area contributed by atoms with E-state index in [0.29, 0.717) is 22.6 Å². The summed E-state index contributed by atoms with van der Waals surface area (Å²) in [6, 6.07) is 6.99. The number of aromatic nitrogens is 1. The molecular formula is C19H27N3O4S.